The predicted octanol–water partition coefficient (Wildman–Crippen LogP) is 5.25. The van der Waals surface area contributed by atoms with Gasteiger partial charge in [-0.15, -0.1) is 0 Å². The molecule has 1 aliphatic rings. The minimum atomic E-state index is -2.31. The number of fused-ring (bicyclic) bond motifs is 1. The molecule has 2 N–H and O–H groups in total. The number of unbranched alkanes of at least 4 members (excludes halogenated alkanes) is 2. The minimum Gasteiger partial charge on any atom is -0.459 e. The summed E-state index contributed by atoms with van der Waals surface area (Å²) in [5.74, 6) is -3.58. The van der Waals surface area contributed by atoms with Crippen molar-refractivity contribution in [3.63, 3.8) is 0 Å². The highest BCUT2D eigenvalue weighted by atomic mass is 79.9. The van der Waals surface area contributed by atoms with Crippen molar-refractivity contribution in [2.75, 3.05) is 19.8 Å². The zero-order valence-electron chi connectivity index (χ0n) is 22.3. The van der Waals surface area contributed by atoms with Gasteiger partial charge in [-0.3, -0.25) is 0 Å². The number of ether oxygens (including phenoxy) is 4. The van der Waals surface area contributed by atoms with E-state index in [1.165, 1.54) is 0 Å². The summed E-state index contributed by atoms with van der Waals surface area (Å²) in [6.07, 6.45) is 3.82. The van der Waals surface area contributed by atoms with Crippen LogP contribution < -0.4 is 14.8 Å². The number of halogens is 1. The van der Waals surface area contributed by atoms with Gasteiger partial charge in [0.1, 0.15) is 0 Å². The molecule has 38 heavy (non-hydrogen) atoms. The van der Waals surface area contributed by atoms with E-state index in [2.05, 4.69) is 28.2 Å². The van der Waals surface area contributed by atoms with Crippen molar-refractivity contribution in [1.29, 1.82) is 0 Å². The quantitative estimate of drug-likeness (QED) is 0.164. The van der Waals surface area contributed by atoms with Crippen LogP contribution in [0.2, 0.25) is 0 Å². The third kappa shape index (κ3) is 7.71. The number of carbonyl (C=O) groups excluding carboxylic acids is 2. The Morgan fingerprint density at radius 3 is 2.24 bits per heavy atom. The molecular formula is C29H38BrNO7. The fourth-order valence-electron chi connectivity index (χ4n) is 3.99. The van der Waals surface area contributed by atoms with E-state index >= 15 is 0 Å². The second-order valence-electron chi connectivity index (χ2n) is 9.37. The molecule has 0 aromatic heterocycles. The zero-order chi connectivity index (χ0) is 27.5. The Morgan fingerprint density at radius 1 is 0.974 bits per heavy atom. The SMILES string of the molecule is CCCCOC(=O)C1(C(=O)OCCCC)Oc2ccc(CC(CC)NCC(O)c3cccc(Br)c3)cc2O1. The number of hydrogen-bond acceptors (Lipinski definition) is 8. The molecule has 1 aliphatic heterocycles. The first-order valence-electron chi connectivity index (χ1n) is 13.3. The number of esters is 2. The normalized spacial score (nSPS) is 15.1. The van der Waals surface area contributed by atoms with Gasteiger partial charge in [-0.1, -0.05) is 67.7 Å². The molecule has 0 saturated carbocycles. The average molecular weight is 593 g/mol. The molecule has 0 fully saturated rings. The van der Waals surface area contributed by atoms with E-state index in [9.17, 15) is 14.7 Å². The summed E-state index contributed by atoms with van der Waals surface area (Å²) in [5, 5.41) is 14.0. The fourth-order valence-corrected chi connectivity index (χ4v) is 4.40. The van der Waals surface area contributed by atoms with Crippen LogP contribution in [0.25, 0.3) is 0 Å². The molecule has 0 radical (unpaired) electrons. The van der Waals surface area contributed by atoms with Gasteiger partial charge in [-0.25, -0.2) is 9.59 Å². The van der Waals surface area contributed by atoms with Crippen LogP contribution >= 0.6 is 15.9 Å². The lowest BCUT2D eigenvalue weighted by atomic mass is 10.0. The number of rotatable bonds is 15. The maximum atomic E-state index is 13.0. The van der Waals surface area contributed by atoms with Crippen LogP contribution in [-0.4, -0.2) is 48.6 Å². The van der Waals surface area contributed by atoms with Crippen molar-refractivity contribution >= 4 is 27.9 Å². The van der Waals surface area contributed by atoms with E-state index in [1.807, 2.05) is 44.2 Å². The standard InChI is InChI=1S/C29H38BrNO7/c1-4-7-14-35-27(33)29(28(34)36-15-8-5-2)37-25-13-12-20(17-26(25)38-29)16-23(6-3)31-19-24(32)21-10-9-11-22(30)18-21/h9-13,17-18,23-24,31-32H,4-8,14-16,19H2,1-3H3. The number of hydrogen-bond donors (Lipinski definition) is 2. The molecule has 9 heteroatoms. The lowest BCUT2D eigenvalue weighted by Gasteiger charge is -2.23. The van der Waals surface area contributed by atoms with E-state index in [0.29, 0.717) is 25.8 Å². The lowest BCUT2D eigenvalue weighted by molar-refractivity contribution is -0.202. The number of nitrogens with one attached hydrogen (secondary N) is 1. The Morgan fingerprint density at radius 2 is 1.63 bits per heavy atom. The minimum absolute atomic E-state index is 0.0833. The van der Waals surface area contributed by atoms with E-state index in [-0.39, 0.29) is 30.8 Å². The Balaban J connectivity index is 1.69. The Hall–Kier alpha value is -2.62. The van der Waals surface area contributed by atoms with E-state index in [0.717, 1.165) is 34.9 Å². The first kappa shape index (κ1) is 29.9. The molecule has 0 saturated heterocycles. The summed E-state index contributed by atoms with van der Waals surface area (Å²) in [5.41, 5.74) is 1.76. The molecule has 0 spiro atoms. The smallest absolute Gasteiger partial charge is 0.453 e. The van der Waals surface area contributed by atoms with Crippen LogP contribution in [0.5, 0.6) is 11.5 Å². The number of aliphatic hydroxyl groups is 1. The second-order valence-corrected chi connectivity index (χ2v) is 10.3. The first-order valence-corrected chi connectivity index (χ1v) is 14.1. The van der Waals surface area contributed by atoms with Crippen LogP contribution in [0, 0.1) is 0 Å². The molecule has 2 atom stereocenters. The van der Waals surface area contributed by atoms with Gasteiger partial charge in [0.05, 0.1) is 19.3 Å². The number of carbonyl (C=O) groups is 2. The van der Waals surface area contributed by atoms with Gasteiger partial charge in [0.15, 0.2) is 11.5 Å². The third-order valence-electron chi connectivity index (χ3n) is 6.32. The van der Waals surface area contributed by atoms with Gasteiger partial charge in [0.25, 0.3) is 0 Å². The molecule has 8 nitrogen and oxygen atoms in total. The Kier molecular flexibility index (Phi) is 11.4. The molecular weight excluding hydrogens is 554 g/mol. The average Bonchev–Trinajstić information content (AvgIpc) is 3.31. The monoisotopic (exact) mass is 591 g/mol. The summed E-state index contributed by atoms with van der Waals surface area (Å²) in [6.45, 7) is 6.73. The largest absolute Gasteiger partial charge is 0.459 e. The van der Waals surface area contributed by atoms with Crippen LogP contribution in [0.4, 0.5) is 0 Å². The summed E-state index contributed by atoms with van der Waals surface area (Å²) >= 11 is 3.44. The van der Waals surface area contributed by atoms with Crippen molar-refractivity contribution in [2.45, 2.75) is 77.2 Å². The van der Waals surface area contributed by atoms with Crippen molar-refractivity contribution < 1.29 is 33.6 Å². The molecule has 3 rings (SSSR count). The van der Waals surface area contributed by atoms with Crippen molar-refractivity contribution in [1.82, 2.24) is 5.32 Å². The molecule has 0 aliphatic carbocycles. The van der Waals surface area contributed by atoms with Gasteiger partial charge in [-0.05, 0) is 61.1 Å². The third-order valence-corrected chi connectivity index (χ3v) is 6.82. The molecule has 2 aromatic carbocycles. The Bertz CT molecular complexity index is 1050. The molecule has 0 amide bonds. The summed E-state index contributed by atoms with van der Waals surface area (Å²) in [4.78, 5) is 25.9. The van der Waals surface area contributed by atoms with Crippen molar-refractivity contribution in [2.24, 2.45) is 0 Å². The van der Waals surface area contributed by atoms with Crippen LogP contribution in [0.1, 0.15) is 70.1 Å². The highest BCUT2D eigenvalue weighted by Crippen LogP contribution is 2.41. The molecule has 2 unspecified atom stereocenters. The first-order chi connectivity index (χ1) is 18.3. The Labute approximate surface area is 233 Å². The second kappa shape index (κ2) is 14.5. The molecule has 1 heterocycles. The van der Waals surface area contributed by atoms with Crippen molar-refractivity contribution in [3.8, 4) is 11.5 Å². The highest BCUT2D eigenvalue weighted by Gasteiger charge is 2.59. The number of benzene rings is 2. The zero-order valence-corrected chi connectivity index (χ0v) is 23.9. The molecule has 2 aromatic rings. The summed E-state index contributed by atoms with van der Waals surface area (Å²) in [7, 11) is 0. The summed E-state index contributed by atoms with van der Waals surface area (Å²) in [6, 6.07) is 13.0. The fraction of sp³-hybridized carbons (Fsp3) is 0.517. The van der Waals surface area contributed by atoms with Crippen LogP contribution in [-0.2, 0) is 25.5 Å². The highest BCUT2D eigenvalue weighted by molar-refractivity contribution is 9.10. The van der Waals surface area contributed by atoms with Gasteiger partial charge in [0, 0.05) is 17.1 Å². The maximum absolute atomic E-state index is 13.0. The topological polar surface area (TPSA) is 103 Å². The van der Waals surface area contributed by atoms with Crippen LogP contribution in [0.15, 0.2) is 46.9 Å². The predicted molar refractivity (Wildman–Crippen MR) is 147 cm³/mol. The molecule has 208 valence electrons. The van der Waals surface area contributed by atoms with Crippen molar-refractivity contribution in [3.05, 3.63) is 58.1 Å². The van der Waals surface area contributed by atoms with Gasteiger partial charge >= 0.3 is 17.7 Å². The van der Waals surface area contributed by atoms with Gasteiger partial charge in [0.2, 0.25) is 0 Å². The van der Waals surface area contributed by atoms with E-state index in [4.69, 9.17) is 18.9 Å². The maximum Gasteiger partial charge on any atom is 0.453 e. The van der Waals surface area contributed by atoms with Gasteiger partial charge in [-0.2, -0.15) is 0 Å². The van der Waals surface area contributed by atoms with Crippen LogP contribution in [0.3, 0.4) is 0 Å². The molecule has 0 bridgehead atoms. The summed E-state index contributed by atoms with van der Waals surface area (Å²) < 4.78 is 23.2. The van der Waals surface area contributed by atoms with Gasteiger partial charge < -0.3 is 29.4 Å². The van der Waals surface area contributed by atoms with E-state index in [1.54, 1.807) is 12.1 Å². The van der Waals surface area contributed by atoms with E-state index < -0.39 is 23.8 Å². The number of aliphatic hydroxyl groups excluding tert-OH is 1. The lowest BCUT2D eigenvalue weighted by Crippen LogP contribution is -2.56.